The van der Waals surface area contributed by atoms with Crippen molar-refractivity contribution in [3.8, 4) is 0 Å². The Kier molecular flexibility index (Phi) is 3.95. The maximum Gasteiger partial charge on any atom is 0.336 e. The van der Waals surface area contributed by atoms with Crippen molar-refractivity contribution in [1.82, 2.24) is 0 Å². The van der Waals surface area contributed by atoms with Crippen molar-refractivity contribution >= 4 is 29.3 Å². The summed E-state index contributed by atoms with van der Waals surface area (Å²) < 4.78 is 0. The number of hydrogen-bond donors (Lipinski definition) is 2. The van der Waals surface area contributed by atoms with E-state index in [1.807, 2.05) is 0 Å². The van der Waals surface area contributed by atoms with E-state index in [9.17, 15) is 19.5 Å². The number of halogens is 1. The molecule has 1 aliphatic rings. The van der Waals surface area contributed by atoms with Crippen molar-refractivity contribution in [3.05, 3.63) is 59.7 Å². The van der Waals surface area contributed by atoms with Crippen molar-refractivity contribution in [2.45, 2.75) is 4.87 Å². The summed E-state index contributed by atoms with van der Waals surface area (Å²) in [5, 5.41) is 18.4. The largest absolute Gasteiger partial charge is 0.480 e. The molecule has 2 N–H and O–H groups in total. The fraction of sp³-hybridized carbons (Fsp3) is 0.133. The van der Waals surface area contributed by atoms with Gasteiger partial charge in [-0.3, -0.25) is 4.79 Å². The van der Waals surface area contributed by atoms with Crippen molar-refractivity contribution < 1.29 is 24.6 Å². The number of benzene rings is 1. The summed E-state index contributed by atoms with van der Waals surface area (Å²) >= 11 is 6.05. The van der Waals surface area contributed by atoms with Crippen LogP contribution in [0.3, 0.4) is 0 Å². The second kappa shape index (κ2) is 5.54. The molecule has 108 valence electrons. The second-order valence-corrected chi connectivity index (χ2v) is 5.14. The van der Waals surface area contributed by atoms with Crippen molar-refractivity contribution in [3.63, 3.8) is 0 Å². The molecule has 1 aromatic rings. The Morgan fingerprint density at radius 3 is 2.24 bits per heavy atom. The van der Waals surface area contributed by atoms with Crippen LogP contribution in [0.5, 0.6) is 0 Å². The van der Waals surface area contributed by atoms with Gasteiger partial charge in [-0.2, -0.15) is 0 Å². The summed E-state index contributed by atoms with van der Waals surface area (Å²) in [4.78, 5) is 33.2. The number of ketones is 1. The van der Waals surface area contributed by atoms with E-state index in [-0.39, 0.29) is 11.1 Å². The molecule has 2 rings (SSSR count). The SMILES string of the molecule is O=C(O)c1ccccc1C(=O)C1C=CC=CC1(Cl)C(=O)O. The smallest absolute Gasteiger partial charge is 0.336 e. The molecule has 21 heavy (non-hydrogen) atoms. The molecule has 1 aromatic carbocycles. The Hall–Kier alpha value is -2.40. The van der Waals surface area contributed by atoms with Crippen molar-refractivity contribution in [2.75, 3.05) is 0 Å². The van der Waals surface area contributed by atoms with Gasteiger partial charge in [0.05, 0.1) is 11.5 Å². The van der Waals surface area contributed by atoms with Crippen LogP contribution in [0.1, 0.15) is 20.7 Å². The number of carbonyl (C=O) groups is 3. The monoisotopic (exact) mass is 306 g/mol. The first-order valence-corrected chi connectivity index (χ1v) is 6.40. The molecule has 5 nitrogen and oxygen atoms in total. The normalized spacial score (nSPS) is 23.8. The summed E-state index contributed by atoms with van der Waals surface area (Å²) in [6, 6.07) is 5.63. The molecule has 0 saturated heterocycles. The minimum atomic E-state index is -1.92. The van der Waals surface area contributed by atoms with Crippen LogP contribution in [-0.2, 0) is 4.79 Å². The number of carboxylic acids is 2. The number of Topliss-reactive ketones (excluding diaryl/α,β-unsaturated/α-hetero) is 1. The van der Waals surface area contributed by atoms with Crippen LogP contribution in [0.25, 0.3) is 0 Å². The average molecular weight is 307 g/mol. The third kappa shape index (κ3) is 2.60. The van der Waals surface area contributed by atoms with Gasteiger partial charge in [-0.05, 0) is 6.07 Å². The van der Waals surface area contributed by atoms with E-state index >= 15 is 0 Å². The van der Waals surface area contributed by atoms with Crippen molar-refractivity contribution in [2.24, 2.45) is 5.92 Å². The van der Waals surface area contributed by atoms with E-state index in [2.05, 4.69) is 0 Å². The molecule has 0 radical (unpaired) electrons. The molecule has 0 spiro atoms. The van der Waals surface area contributed by atoms with E-state index in [0.717, 1.165) is 0 Å². The molecule has 1 aliphatic carbocycles. The number of hydrogen-bond acceptors (Lipinski definition) is 3. The summed E-state index contributed by atoms with van der Waals surface area (Å²) in [5.74, 6) is -4.45. The zero-order valence-electron chi connectivity index (χ0n) is 10.7. The van der Waals surface area contributed by atoms with Gasteiger partial charge in [0, 0.05) is 5.56 Å². The minimum Gasteiger partial charge on any atom is -0.480 e. The summed E-state index contributed by atoms with van der Waals surface area (Å²) in [6.07, 6.45) is 5.52. The maximum atomic E-state index is 12.5. The molecular formula is C15H11ClO5. The molecule has 0 bridgehead atoms. The molecular weight excluding hydrogens is 296 g/mol. The van der Waals surface area contributed by atoms with Gasteiger partial charge in [0.1, 0.15) is 0 Å². The van der Waals surface area contributed by atoms with Gasteiger partial charge >= 0.3 is 11.9 Å². The van der Waals surface area contributed by atoms with Gasteiger partial charge in [0.2, 0.25) is 0 Å². The zero-order valence-corrected chi connectivity index (χ0v) is 11.4. The first kappa shape index (κ1) is 15.0. The van der Waals surface area contributed by atoms with Gasteiger partial charge in [0.25, 0.3) is 0 Å². The highest BCUT2D eigenvalue weighted by Gasteiger charge is 2.46. The predicted octanol–water partition coefficient (Wildman–Crippen LogP) is 2.37. The van der Waals surface area contributed by atoms with Crippen LogP contribution < -0.4 is 0 Å². The first-order chi connectivity index (χ1) is 9.88. The van der Waals surface area contributed by atoms with Crippen LogP contribution in [0.4, 0.5) is 0 Å². The molecule has 0 heterocycles. The number of carboxylic acid groups (broad SMARTS) is 2. The third-order valence-electron chi connectivity index (χ3n) is 3.24. The number of carbonyl (C=O) groups excluding carboxylic acids is 1. The molecule has 2 unspecified atom stereocenters. The maximum absolute atomic E-state index is 12.5. The van der Waals surface area contributed by atoms with E-state index < -0.39 is 28.5 Å². The lowest BCUT2D eigenvalue weighted by Gasteiger charge is -2.27. The predicted molar refractivity (Wildman–Crippen MR) is 75.7 cm³/mol. The van der Waals surface area contributed by atoms with Gasteiger partial charge in [0.15, 0.2) is 10.7 Å². The zero-order chi connectivity index (χ0) is 15.6. The van der Waals surface area contributed by atoms with Gasteiger partial charge in [-0.25, -0.2) is 9.59 Å². The highest BCUT2D eigenvalue weighted by molar-refractivity contribution is 6.38. The van der Waals surface area contributed by atoms with Gasteiger partial charge < -0.3 is 10.2 Å². The van der Waals surface area contributed by atoms with Crippen LogP contribution in [0.15, 0.2) is 48.6 Å². The Labute approximate surface area is 125 Å². The van der Waals surface area contributed by atoms with Crippen LogP contribution >= 0.6 is 11.6 Å². The fourth-order valence-electron chi connectivity index (χ4n) is 2.15. The van der Waals surface area contributed by atoms with E-state index in [0.29, 0.717) is 0 Å². The molecule has 6 heteroatoms. The number of rotatable bonds is 4. The lowest BCUT2D eigenvalue weighted by Crippen LogP contribution is -2.43. The second-order valence-electron chi connectivity index (χ2n) is 4.51. The van der Waals surface area contributed by atoms with Crippen LogP contribution in [0.2, 0.25) is 0 Å². The molecule has 2 atom stereocenters. The third-order valence-corrected chi connectivity index (χ3v) is 3.76. The summed E-state index contributed by atoms with van der Waals surface area (Å²) in [6.45, 7) is 0. The highest BCUT2D eigenvalue weighted by Crippen LogP contribution is 2.35. The number of alkyl halides is 1. The first-order valence-electron chi connectivity index (χ1n) is 6.03. The van der Waals surface area contributed by atoms with Crippen LogP contribution in [0, 0.1) is 5.92 Å². The van der Waals surface area contributed by atoms with Crippen molar-refractivity contribution in [1.29, 1.82) is 0 Å². The minimum absolute atomic E-state index is 0.0683. The molecule has 0 saturated carbocycles. The summed E-state index contributed by atoms with van der Waals surface area (Å²) in [7, 11) is 0. The lowest BCUT2D eigenvalue weighted by atomic mass is 9.81. The molecule has 0 aromatic heterocycles. The molecule has 0 fully saturated rings. The molecule has 0 aliphatic heterocycles. The molecule has 0 amide bonds. The Bertz CT molecular complexity index is 676. The van der Waals surface area contributed by atoms with Gasteiger partial charge in [-0.15, -0.1) is 11.6 Å². The Morgan fingerprint density at radius 2 is 1.67 bits per heavy atom. The lowest BCUT2D eigenvalue weighted by molar-refractivity contribution is -0.139. The standard InChI is InChI=1S/C15H11ClO5/c16-15(14(20)21)8-4-3-7-11(15)12(17)9-5-1-2-6-10(9)13(18)19/h1-8,11H,(H,18,19)(H,20,21). The van der Waals surface area contributed by atoms with E-state index in [1.54, 1.807) is 0 Å². The Balaban J connectivity index is 2.49. The van der Waals surface area contributed by atoms with E-state index in [4.69, 9.17) is 16.7 Å². The Morgan fingerprint density at radius 1 is 1.05 bits per heavy atom. The van der Waals surface area contributed by atoms with E-state index in [1.165, 1.54) is 48.6 Å². The van der Waals surface area contributed by atoms with Gasteiger partial charge in [-0.1, -0.05) is 42.5 Å². The number of aromatic carboxylic acids is 1. The quantitative estimate of drug-likeness (QED) is 0.658. The average Bonchev–Trinajstić information content (AvgIpc) is 2.47. The topological polar surface area (TPSA) is 91.7 Å². The fourth-order valence-corrected chi connectivity index (χ4v) is 2.39. The summed E-state index contributed by atoms with van der Waals surface area (Å²) in [5.41, 5.74) is -0.254. The van der Waals surface area contributed by atoms with Crippen LogP contribution in [-0.4, -0.2) is 32.8 Å². The highest BCUT2D eigenvalue weighted by atomic mass is 35.5. The number of allylic oxidation sites excluding steroid dienone is 3. The number of aliphatic carboxylic acids is 1.